The van der Waals surface area contributed by atoms with E-state index in [1.165, 1.54) is 16.6 Å². The van der Waals surface area contributed by atoms with Crippen molar-refractivity contribution in [3.8, 4) is 0 Å². The van der Waals surface area contributed by atoms with E-state index in [2.05, 4.69) is 57.5 Å². The van der Waals surface area contributed by atoms with Gasteiger partial charge in [0.25, 0.3) is 0 Å². The summed E-state index contributed by atoms with van der Waals surface area (Å²) in [7, 11) is 0. The molecule has 0 saturated heterocycles. The highest BCUT2D eigenvalue weighted by Crippen LogP contribution is 2.22. The Bertz CT molecular complexity index is 727. The zero-order valence-corrected chi connectivity index (χ0v) is 14.3. The van der Waals surface area contributed by atoms with Crippen LogP contribution in [-0.4, -0.2) is 25.3 Å². The summed E-state index contributed by atoms with van der Waals surface area (Å²) >= 11 is 3.20. The molecular weight excluding hydrogens is 318 g/mol. The molecule has 0 aliphatic heterocycles. The molecule has 3 aromatic rings. The molecule has 116 valence electrons. The third-order valence-corrected chi connectivity index (χ3v) is 4.61. The first-order chi connectivity index (χ1) is 10.5. The smallest absolute Gasteiger partial charge is 0.237 e. The van der Waals surface area contributed by atoms with Crippen molar-refractivity contribution in [3.05, 3.63) is 39.9 Å². The number of nitrogens with zero attached hydrogens (tertiary/aromatic N) is 4. The molecule has 0 amide bonds. The number of nitrogens with one attached hydrogen (secondary N) is 1. The quantitative estimate of drug-likeness (QED) is 0.720. The van der Waals surface area contributed by atoms with Crippen LogP contribution in [0.3, 0.4) is 0 Å². The second-order valence-electron chi connectivity index (χ2n) is 5.87. The van der Waals surface area contributed by atoms with Crippen LogP contribution in [0.15, 0.2) is 27.2 Å². The van der Waals surface area contributed by atoms with Crippen molar-refractivity contribution >= 4 is 23.1 Å². The van der Waals surface area contributed by atoms with Crippen molar-refractivity contribution in [2.75, 3.05) is 0 Å². The molecule has 0 unspecified atom stereocenters. The largest absolute Gasteiger partial charge is 0.338 e. The summed E-state index contributed by atoms with van der Waals surface area (Å²) in [6.07, 6.45) is 0.778. The molecule has 0 aliphatic carbocycles. The molecule has 3 heterocycles. The van der Waals surface area contributed by atoms with Gasteiger partial charge < -0.3 is 4.52 Å². The Balaban J connectivity index is 1.58. The van der Waals surface area contributed by atoms with E-state index in [9.17, 15) is 0 Å². The normalized spacial score (nSPS) is 12.0. The summed E-state index contributed by atoms with van der Waals surface area (Å²) in [5.74, 6) is 2.75. The van der Waals surface area contributed by atoms with Crippen LogP contribution in [0.1, 0.15) is 43.2 Å². The van der Waals surface area contributed by atoms with Gasteiger partial charge in [-0.15, -0.1) is 16.4 Å². The van der Waals surface area contributed by atoms with E-state index < -0.39 is 0 Å². The van der Waals surface area contributed by atoms with E-state index in [1.54, 1.807) is 11.3 Å². The van der Waals surface area contributed by atoms with Gasteiger partial charge in [-0.2, -0.15) is 4.98 Å². The number of aromatic amines is 1. The predicted octanol–water partition coefficient (Wildman–Crippen LogP) is 3.43. The fraction of sp³-hybridized carbons (Fsp3) is 0.429. The van der Waals surface area contributed by atoms with Gasteiger partial charge >= 0.3 is 0 Å². The molecule has 0 bridgehead atoms. The number of hydrogen-bond donors (Lipinski definition) is 1. The second-order valence-corrected chi connectivity index (χ2v) is 7.85. The molecule has 0 aliphatic rings. The van der Waals surface area contributed by atoms with Crippen LogP contribution in [0.4, 0.5) is 0 Å². The van der Waals surface area contributed by atoms with Crippen molar-refractivity contribution in [2.24, 2.45) is 0 Å². The Morgan fingerprint density at radius 1 is 1.32 bits per heavy atom. The minimum Gasteiger partial charge on any atom is -0.338 e. The van der Waals surface area contributed by atoms with E-state index in [0.717, 1.165) is 18.1 Å². The van der Waals surface area contributed by atoms with Gasteiger partial charge in [-0.25, -0.2) is 4.98 Å². The lowest BCUT2D eigenvalue weighted by Gasteiger charge is -2.10. The molecule has 0 saturated carbocycles. The number of hydrogen-bond acceptors (Lipinski definition) is 7. The average molecular weight is 335 g/mol. The lowest BCUT2D eigenvalue weighted by molar-refractivity contribution is 0.373. The monoisotopic (exact) mass is 335 g/mol. The second kappa shape index (κ2) is 6.21. The maximum absolute atomic E-state index is 5.26. The molecule has 0 aromatic carbocycles. The summed E-state index contributed by atoms with van der Waals surface area (Å²) in [6.45, 7) is 6.17. The van der Waals surface area contributed by atoms with Crippen molar-refractivity contribution in [3.63, 3.8) is 0 Å². The highest BCUT2D eigenvalue weighted by Gasteiger charge is 2.21. The number of thioether (sulfide) groups is 1. The van der Waals surface area contributed by atoms with Crippen LogP contribution in [0, 0.1) is 0 Å². The topological polar surface area (TPSA) is 80.5 Å². The van der Waals surface area contributed by atoms with Crippen molar-refractivity contribution in [2.45, 2.75) is 43.5 Å². The summed E-state index contributed by atoms with van der Waals surface area (Å²) < 4.78 is 5.26. The summed E-state index contributed by atoms with van der Waals surface area (Å²) in [5, 5.41) is 13.9. The van der Waals surface area contributed by atoms with Crippen LogP contribution in [0.5, 0.6) is 0 Å². The lowest BCUT2D eigenvalue weighted by Crippen LogP contribution is -2.13. The van der Waals surface area contributed by atoms with Gasteiger partial charge in [0.1, 0.15) is 5.82 Å². The van der Waals surface area contributed by atoms with E-state index >= 15 is 0 Å². The SMILES string of the molecule is CC(C)(C)c1noc(CSc2n[nH]c(Cc3cccs3)n2)n1. The minimum atomic E-state index is -0.106. The Hall–Kier alpha value is -1.67. The predicted molar refractivity (Wildman–Crippen MR) is 86.1 cm³/mol. The van der Waals surface area contributed by atoms with E-state index in [-0.39, 0.29) is 5.41 Å². The van der Waals surface area contributed by atoms with E-state index in [1.807, 2.05) is 6.07 Å². The van der Waals surface area contributed by atoms with Crippen molar-refractivity contribution in [1.82, 2.24) is 25.3 Å². The summed E-state index contributed by atoms with van der Waals surface area (Å²) in [6, 6.07) is 4.13. The third-order valence-electron chi connectivity index (χ3n) is 2.90. The van der Waals surface area contributed by atoms with Gasteiger partial charge in [-0.1, -0.05) is 43.8 Å². The molecule has 6 nitrogen and oxygen atoms in total. The Kier molecular flexibility index (Phi) is 4.30. The Morgan fingerprint density at radius 2 is 2.18 bits per heavy atom. The average Bonchev–Trinajstić information content (AvgIpc) is 3.17. The van der Waals surface area contributed by atoms with Gasteiger partial charge in [0.05, 0.1) is 5.75 Å². The maximum Gasteiger partial charge on any atom is 0.237 e. The molecule has 1 N–H and O–H groups in total. The highest BCUT2D eigenvalue weighted by atomic mass is 32.2. The van der Waals surface area contributed by atoms with E-state index in [4.69, 9.17) is 4.52 Å². The first-order valence-electron chi connectivity index (χ1n) is 6.90. The van der Waals surface area contributed by atoms with Gasteiger partial charge in [0.2, 0.25) is 11.0 Å². The molecule has 3 rings (SSSR count). The van der Waals surface area contributed by atoms with Crippen LogP contribution in [0.25, 0.3) is 0 Å². The Morgan fingerprint density at radius 3 is 2.86 bits per heavy atom. The molecule has 22 heavy (non-hydrogen) atoms. The van der Waals surface area contributed by atoms with Crippen LogP contribution in [-0.2, 0) is 17.6 Å². The van der Waals surface area contributed by atoms with Gasteiger partial charge in [0.15, 0.2) is 5.82 Å². The molecule has 0 fully saturated rings. The fourth-order valence-electron chi connectivity index (χ4n) is 1.74. The van der Waals surface area contributed by atoms with Crippen LogP contribution < -0.4 is 0 Å². The zero-order chi connectivity index (χ0) is 15.6. The standard InChI is InChI=1S/C14H17N5OS2/c1-14(2,3)12-16-11(20-19-12)8-22-13-15-10(17-18-13)7-9-5-4-6-21-9/h4-6H,7-8H2,1-3H3,(H,15,17,18). The molecule has 3 aromatic heterocycles. The third kappa shape index (κ3) is 3.75. The lowest BCUT2D eigenvalue weighted by atomic mass is 9.96. The summed E-state index contributed by atoms with van der Waals surface area (Å²) in [4.78, 5) is 10.1. The molecule has 0 radical (unpaired) electrons. The molecular formula is C14H17N5OS2. The number of aromatic nitrogens is 5. The van der Waals surface area contributed by atoms with Crippen molar-refractivity contribution in [1.29, 1.82) is 0 Å². The number of thiophene rings is 1. The molecule has 0 spiro atoms. The fourth-order valence-corrected chi connectivity index (χ4v) is 3.11. The molecule has 0 atom stereocenters. The van der Waals surface area contributed by atoms with Gasteiger partial charge in [0, 0.05) is 16.7 Å². The minimum absolute atomic E-state index is 0.106. The number of rotatable bonds is 5. The number of H-pyrrole nitrogens is 1. The highest BCUT2D eigenvalue weighted by molar-refractivity contribution is 7.98. The van der Waals surface area contributed by atoms with Gasteiger partial charge in [-0.05, 0) is 11.4 Å². The summed E-state index contributed by atoms with van der Waals surface area (Å²) in [5.41, 5.74) is -0.106. The maximum atomic E-state index is 5.26. The van der Waals surface area contributed by atoms with Crippen molar-refractivity contribution < 1.29 is 4.52 Å². The van der Waals surface area contributed by atoms with Crippen LogP contribution in [0.2, 0.25) is 0 Å². The first kappa shape index (κ1) is 15.2. The van der Waals surface area contributed by atoms with Gasteiger partial charge in [-0.3, -0.25) is 5.10 Å². The van der Waals surface area contributed by atoms with E-state index in [0.29, 0.717) is 16.8 Å². The molecule has 8 heteroatoms. The van der Waals surface area contributed by atoms with Crippen LogP contribution >= 0.6 is 23.1 Å². The zero-order valence-electron chi connectivity index (χ0n) is 12.7. The first-order valence-corrected chi connectivity index (χ1v) is 8.77. The Labute approximate surface area is 136 Å².